The van der Waals surface area contributed by atoms with Crippen LogP contribution in [0.5, 0.6) is 0 Å². The van der Waals surface area contributed by atoms with Gasteiger partial charge in [-0.05, 0) is 12.8 Å². The smallest absolute Gasteiger partial charge is 0.219 e. The predicted molar refractivity (Wildman–Crippen MR) is 56.3 cm³/mol. The number of hydrogen-bond acceptors (Lipinski definition) is 7. The van der Waals surface area contributed by atoms with Crippen LogP contribution in [-0.4, -0.2) is 29.5 Å². The summed E-state index contributed by atoms with van der Waals surface area (Å²) in [5.74, 6) is 5.20. The van der Waals surface area contributed by atoms with Gasteiger partial charge in [-0.15, -0.1) is 10.2 Å². The third-order valence-electron chi connectivity index (χ3n) is 2.20. The molecular formula is C8H14N4O2S. The van der Waals surface area contributed by atoms with Crippen molar-refractivity contribution >= 4 is 16.5 Å². The van der Waals surface area contributed by atoms with E-state index in [4.69, 9.17) is 15.3 Å². The summed E-state index contributed by atoms with van der Waals surface area (Å²) in [5.41, 5.74) is 2.45. The Labute approximate surface area is 91.8 Å². The monoisotopic (exact) mass is 230 g/mol. The molecule has 0 saturated carbocycles. The van der Waals surface area contributed by atoms with Crippen LogP contribution in [0.3, 0.4) is 0 Å². The van der Waals surface area contributed by atoms with E-state index in [-0.39, 0.29) is 6.10 Å². The van der Waals surface area contributed by atoms with Gasteiger partial charge in [0.15, 0.2) is 0 Å². The molecule has 84 valence electrons. The fraction of sp³-hybridized carbons (Fsp3) is 0.750. The molecule has 0 amide bonds. The molecule has 15 heavy (non-hydrogen) atoms. The fourth-order valence-electron chi connectivity index (χ4n) is 1.40. The Kier molecular flexibility index (Phi) is 3.84. The molecule has 7 heteroatoms. The molecule has 0 radical (unpaired) electrons. The molecule has 0 atom stereocenters. The Morgan fingerprint density at radius 2 is 2.27 bits per heavy atom. The first-order valence-corrected chi connectivity index (χ1v) is 5.68. The Hall–Kier alpha value is -0.760. The molecule has 0 unspecified atom stereocenters. The minimum absolute atomic E-state index is 0.289. The van der Waals surface area contributed by atoms with Gasteiger partial charge in [0.1, 0.15) is 11.6 Å². The Morgan fingerprint density at radius 1 is 1.47 bits per heavy atom. The molecule has 0 spiro atoms. The lowest BCUT2D eigenvalue weighted by Gasteiger charge is -2.21. The second-order valence-electron chi connectivity index (χ2n) is 3.27. The number of anilines is 1. The van der Waals surface area contributed by atoms with Gasteiger partial charge in [-0.25, -0.2) is 5.84 Å². The average Bonchev–Trinajstić information content (AvgIpc) is 2.76. The zero-order chi connectivity index (χ0) is 10.5. The maximum absolute atomic E-state index is 5.69. The van der Waals surface area contributed by atoms with E-state index in [9.17, 15) is 0 Å². The second kappa shape index (κ2) is 5.36. The van der Waals surface area contributed by atoms with Gasteiger partial charge >= 0.3 is 0 Å². The number of nitrogen functional groups attached to an aromatic ring is 1. The number of rotatable bonds is 4. The van der Waals surface area contributed by atoms with Gasteiger partial charge in [0.2, 0.25) is 5.13 Å². The van der Waals surface area contributed by atoms with Gasteiger partial charge in [0.25, 0.3) is 0 Å². The van der Waals surface area contributed by atoms with Crippen molar-refractivity contribution in [3.05, 3.63) is 5.01 Å². The van der Waals surface area contributed by atoms with Crippen LogP contribution in [0.2, 0.25) is 0 Å². The molecular weight excluding hydrogens is 216 g/mol. The van der Waals surface area contributed by atoms with Crippen molar-refractivity contribution in [1.29, 1.82) is 0 Å². The lowest BCUT2D eigenvalue weighted by molar-refractivity contribution is -0.0392. The van der Waals surface area contributed by atoms with Crippen molar-refractivity contribution in [2.45, 2.75) is 25.6 Å². The highest BCUT2D eigenvalue weighted by Gasteiger charge is 2.15. The molecule has 1 aliphatic rings. The molecule has 1 fully saturated rings. The highest BCUT2D eigenvalue weighted by molar-refractivity contribution is 7.15. The molecule has 3 N–H and O–H groups in total. The number of hydrazine groups is 1. The molecule has 0 bridgehead atoms. The van der Waals surface area contributed by atoms with Gasteiger partial charge in [-0.2, -0.15) is 0 Å². The van der Waals surface area contributed by atoms with Crippen LogP contribution in [0.15, 0.2) is 0 Å². The lowest BCUT2D eigenvalue weighted by atomic mass is 10.2. The maximum Gasteiger partial charge on any atom is 0.219 e. The first-order valence-electron chi connectivity index (χ1n) is 4.87. The van der Waals surface area contributed by atoms with E-state index in [0.717, 1.165) is 31.1 Å². The van der Waals surface area contributed by atoms with Crippen molar-refractivity contribution in [3.8, 4) is 0 Å². The highest BCUT2D eigenvalue weighted by Crippen LogP contribution is 2.17. The lowest BCUT2D eigenvalue weighted by Crippen LogP contribution is -2.23. The average molecular weight is 230 g/mol. The van der Waals surface area contributed by atoms with E-state index in [1.165, 1.54) is 11.3 Å². The van der Waals surface area contributed by atoms with Crippen LogP contribution >= 0.6 is 11.3 Å². The van der Waals surface area contributed by atoms with Crippen LogP contribution in [0.4, 0.5) is 5.13 Å². The van der Waals surface area contributed by atoms with E-state index in [1.807, 2.05) is 0 Å². The molecule has 1 saturated heterocycles. The van der Waals surface area contributed by atoms with Crippen molar-refractivity contribution in [1.82, 2.24) is 10.2 Å². The number of nitrogens with one attached hydrogen (secondary N) is 1. The van der Waals surface area contributed by atoms with Gasteiger partial charge in [0, 0.05) is 13.2 Å². The summed E-state index contributed by atoms with van der Waals surface area (Å²) in [6.07, 6.45) is 2.21. The third kappa shape index (κ3) is 3.10. The van der Waals surface area contributed by atoms with E-state index < -0.39 is 0 Å². The molecule has 1 aromatic rings. The zero-order valence-corrected chi connectivity index (χ0v) is 9.13. The Morgan fingerprint density at radius 3 is 2.93 bits per heavy atom. The van der Waals surface area contributed by atoms with Crippen molar-refractivity contribution in [2.24, 2.45) is 5.84 Å². The summed E-state index contributed by atoms with van der Waals surface area (Å²) in [6.45, 7) is 2.08. The summed E-state index contributed by atoms with van der Waals surface area (Å²) in [4.78, 5) is 0. The Balaban J connectivity index is 1.76. The van der Waals surface area contributed by atoms with E-state index >= 15 is 0 Å². The predicted octanol–water partition coefficient (Wildman–Crippen LogP) is 0.519. The van der Waals surface area contributed by atoms with Gasteiger partial charge < -0.3 is 9.47 Å². The maximum atomic E-state index is 5.69. The van der Waals surface area contributed by atoms with Gasteiger partial charge in [-0.3, -0.25) is 5.43 Å². The Bertz CT molecular complexity index is 301. The third-order valence-corrected chi connectivity index (χ3v) is 3.03. The first-order chi connectivity index (χ1) is 7.38. The second-order valence-corrected chi connectivity index (χ2v) is 4.33. The topological polar surface area (TPSA) is 82.3 Å². The number of ether oxygens (including phenoxy) is 2. The number of aromatic nitrogens is 2. The molecule has 2 rings (SSSR count). The number of nitrogens with zero attached hydrogens (tertiary/aromatic N) is 2. The molecule has 1 aromatic heterocycles. The van der Waals surface area contributed by atoms with Crippen molar-refractivity contribution < 1.29 is 9.47 Å². The summed E-state index contributed by atoms with van der Waals surface area (Å²) < 4.78 is 10.9. The van der Waals surface area contributed by atoms with Crippen LogP contribution < -0.4 is 11.3 Å². The normalized spacial score (nSPS) is 17.9. The summed E-state index contributed by atoms with van der Waals surface area (Å²) in [5, 5.41) is 9.22. The molecule has 2 heterocycles. The van der Waals surface area contributed by atoms with Crippen LogP contribution in [0.25, 0.3) is 0 Å². The summed E-state index contributed by atoms with van der Waals surface area (Å²) in [6, 6.07) is 0. The minimum atomic E-state index is 0.289. The summed E-state index contributed by atoms with van der Waals surface area (Å²) in [7, 11) is 0. The summed E-state index contributed by atoms with van der Waals surface area (Å²) >= 11 is 1.41. The van der Waals surface area contributed by atoms with Gasteiger partial charge in [0.05, 0.1) is 6.10 Å². The minimum Gasteiger partial charge on any atom is -0.381 e. The number of hydrogen-bond donors (Lipinski definition) is 2. The largest absolute Gasteiger partial charge is 0.381 e. The quantitative estimate of drug-likeness (QED) is 0.579. The highest BCUT2D eigenvalue weighted by atomic mass is 32.1. The van der Waals surface area contributed by atoms with Crippen molar-refractivity contribution in [3.63, 3.8) is 0 Å². The van der Waals surface area contributed by atoms with E-state index in [2.05, 4.69) is 15.6 Å². The molecule has 1 aliphatic heterocycles. The first kappa shape index (κ1) is 10.7. The molecule has 0 aromatic carbocycles. The van der Waals surface area contributed by atoms with Crippen LogP contribution in [-0.2, 0) is 16.1 Å². The standard InChI is InChI=1S/C8H14N4O2S/c9-10-8-12-11-7(15-8)5-14-6-1-3-13-4-2-6/h6H,1-5,9H2,(H,10,12). The SMILES string of the molecule is NNc1nnc(COC2CCOCC2)s1. The van der Waals surface area contributed by atoms with E-state index in [0.29, 0.717) is 11.7 Å². The van der Waals surface area contributed by atoms with E-state index in [1.54, 1.807) is 0 Å². The van der Waals surface area contributed by atoms with Gasteiger partial charge in [-0.1, -0.05) is 11.3 Å². The van der Waals surface area contributed by atoms with Crippen LogP contribution in [0.1, 0.15) is 17.8 Å². The molecule has 6 nitrogen and oxygen atoms in total. The zero-order valence-electron chi connectivity index (χ0n) is 8.31. The molecule has 0 aliphatic carbocycles. The van der Waals surface area contributed by atoms with Crippen LogP contribution in [0, 0.1) is 0 Å². The number of nitrogens with two attached hydrogens (primary N) is 1. The fourth-order valence-corrected chi connectivity index (χ4v) is 1.97. The van der Waals surface area contributed by atoms with Crippen molar-refractivity contribution in [2.75, 3.05) is 18.6 Å².